The second-order valence-corrected chi connectivity index (χ2v) is 9.59. The molecule has 212 valence electrons. The van der Waals surface area contributed by atoms with Gasteiger partial charge in [0.05, 0.1) is 17.7 Å². The number of thioether (sulfide) groups is 1. The van der Waals surface area contributed by atoms with Gasteiger partial charge in [0.2, 0.25) is 5.91 Å². The lowest BCUT2D eigenvalue weighted by Gasteiger charge is -2.13. The molecule has 13 heteroatoms. The van der Waals surface area contributed by atoms with Crippen molar-refractivity contribution >= 4 is 52.2 Å². The van der Waals surface area contributed by atoms with Crippen molar-refractivity contribution in [3.05, 3.63) is 88.1 Å². The Morgan fingerprint density at radius 3 is 2.39 bits per heavy atom. The van der Waals surface area contributed by atoms with Gasteiger partial charge in [-0.15, -0.1) is 0 Å². The maximum atomic E-state index is 13.8. The number of aryl methyl sites for hydroxylation is 1. The molecule has 1 heterocycles. The highest BCUT2D eigenvalue weighted by Crippen LogP contribution is 2.34. The molecular weight excluding hydrogens is 563 g/mol. The summed E-state index contributed by atoms with van der Waals surface area (Å²) in [7, 11) is 1.39. The molecule has 4 amide bonds. The summed E-state index contributed by atoms with van der Waals surface area (Å²) in [6.45, 7) is 0.791. The van der Waals surface area contributed by atoms with Crippen molar-refractivity contribution in [2.45, 2.75) is 6.92 Å². The average molecular weight is 586 g/mol. The monoisotopic (exact) mass is 585 g/mol. The molecule has 2 N–H and O–H groups in total. The standard InChI is InChI=1S/C28H22F3N3O6S/c1-15-5-3-4-6-18(15)32-24(36)14-40-20-10-7-16(11-21(20)39-2)12-22-27(37)34(28(38)41-22)13-23(35)33-19-9-8-17(29)25(30)26(19)31/h3-12H,13-14H2,1-2H3,(H,32,36)(H,33,35)/b22-12-. The molecule has 4 rings (SSSR count). The Labute approximate surface area is 236 Å². The van der Waals surface area contributed by atoms with Gasteiger partial charge in [0, 0.05) is 5.69 Å². The van der Waals surface area contributed by atoms with Crippen LogP contribution in [0.3, 0.4) is 0 Å². The summed E-state index contributed by atoms with van der Waals surface area (Å²) in [4.78, 5) is 50.4. The van der Waals surface area contributed by atoms with E-state index in [0.29, 0.717) is 34.0 Å². The molecule has 0 aliphatic carbocycles. The van der Waals surface area contributed by atoms with Crippen LogP contribution in [0.4, 0.5) is 29.3 Å². The Morgan fingerprint density at radius 2 is 1.66 bits per heavy atom. The van der Waals surface area contributed by atoms with Crippen molar-refractivity contribution in [1.29, 1.82) is 0 Å². The summed E-state index contributed by atoms with van der Waals surface area (Å²) in [5, 5.41) is 4.01. The third-order valence-corrected chi connectivity index (χ3v) is 6.66. The van der Waals surface area contributed by atoms with E-state index in [1.165, 1.54) is 25.3 Å². The lowest BCUT2D eigenvalue weighted by molar-refractivity contribution is -0.127. The summed E-state index contributed by atoms with van der Waals surface area (Å²) in [6, 6.07) is 13.4. The number of benzene rings is 3. The van der Waals surface area contributed by atoms with Crippen molar-refractivity contribution in [3.8, 4) is 11.5 Å². The van der Waals surface area contributed by atoms with E-state index < -0.39 is 46.7 Å². The molecule has 0 radical (unpaired) electrons. The van der Waals surface area contributed by atoms with Crippen molar-refractivity contribution in [3.63, 3.8) is 0 Å². The van der Waals surface area contributed by atoms with Gasteiger partial charge in [-0.3, -0.25) is 24.1 Å². The van der Waals surface area contributed by atoms with Crippen molar-refractivity contribution in [2.75, 3.05) is 30.9 Å². The van der Waals surface area contributed by atoms with Gasteiger partial charge in [0.1, 0.15) is 6.54 Å². The maximum absolute atomic E-state index is 13.8. The molecule has 1 aliphatic heterocycles. The fraction of sp³-hybridized carbons (Fsp3) is 0.143. The van der Waals surface area contributed by atoms with Crippen LogP contribution in [-0.2, 0) is 14.4 Å². The normalized spacial score (nSPS) is 13.9. The van der Waals surface area contributed by atoms with Crippen LogP contribution in [0.1, 0.15) is 11.1 Å². The molecule has 0 bridgehead atoms. The zero-order valence-corrected chi connectivity index (χ0v) is 22.4. The van der Waals surface area contributed by atoms with Crippen LogP contribution in [0.25, 0.3) is 6.08 Å². The molecule has 3 aromatic carbocycles. The second-order valence-electron chi connectivity index (χ2n) is 8.60. The zero-order chi connectivity index (χ0) is 29.7. The minimum Gasteiger partial charge on any atom is -0.493 e. The molecule has 0 saturated carbocycles. The van der Waals surface area contributed by atoms with E-state index in [2.05, 4.69) is 5.32 Å². The first-order valence-electron chi connectivity index (χ1n) is 11.9. The van der Waals surface area contributed by atoms with Crippen LogP contribution < -0.4 is 20.1 Å². The third-order valence-electron chi connectivity index (χ3n) is 5.75. The Bertz CT molecular complexity index is 1580. The number of imide groups is 1. The van der Waals surface area contributed by atoms with Crippen LogP contribution in [0.5, 0.6) is 11.5 Å². The molecule has 1 aliphatic rings. The molecule has 0 spiro atoms. The number of para-hydroxylation sites is 1. The minimum absolute atomic E-state index is 0.00450. The van der Waals surface area contributed by atoms with Crippen molar-refractivity contribution < 1.29 is 41.8 Å². The van der Waals surface area contributed by atoms with Gasteiger partial charge in [-0.25, -0.2) is 13.2 Å². The van der Waals surface area contributed by atoms with Crippen LogP contribution in [0.15, 0.2) is 59.5 Å². The van der Waals surface area contributed by atoms with E-state index in [1.807, 2.05) is 24.4 Å². The number of carbonyl (C=O) groups excluding carboxylic acids is 4. The first-order valence-corrected chi connectivity index (χ1v) is 12.7. The molecule has 0 aromatic heterocycles. The maximum Gasteiger partial charge on any atom is 0.294 e. The number of ether oxygens (including phenoxy) is 2. The third kappa shape index (κ3) is 6.87. The largest absolute Gasteiger partial charge is 0.493 e. The molecule has 9 nitrogen and oxygen atoms in total. The molecule has 0 atom stereocenters. The lowest BCUT2D eigenvalue weighted by atomic mass is 10.2. The highest BCUT2D eigenvalue weighted by atomic mass is 32.2. The van der Waals surface area contributed by atoms with Crippen LogP contribution in [0, 0.1) is 24.4 Å². The molecule has 1 saturated heterocycles. The smallest absolute Gasteiger partial charge is 0.294 e. The summed E-state index contributed by atoms with van der Waals surface area (Å²) >= 11 is 0.576. The predicted molar refractivity (Wildman–Crippen MR) is 146 cm³/mol. The van der Waals surface area contributed by atoms with Crippen molar-refractivity contribution in [2.24, 2.45) is 0 Å². The first-order chi connectivity index (χ1) is 19.6. The van der Waals surface area contributed by atoms with E-state index in [0.717, 1.165) is 11.6 Å². The summed E-state index contributed by atoms with van der Waals surface area (Å²) in [5.74, 6) is -6.45. The number of carbonyl (C=O) groups is 4. The van der Waals surface area contributed by atoms with Gasteiger partial charge in [0.15, 0.2) is 35.6 Å². The number of nitrogens with one attached hydrogen (secondary N) is 2. The molecule has 1 fully saturated rings. The Morgan fingerprint density at radius 1 is 0.927 bits per heavy atom. The number of hydrogen-bond acceptors (Lipinski definition) is 7. The number of amides is 4. The van der Waals surface area contributed by atoms with Crippen LogP contribution >= 0.6 is 11.8 Å². The van der Waals surface area contributed by atoms with Crippen molar-refractivity contribution in [1.82, 2.24) is 4.90 Å². The Hall–Kier alpha value is -4.78. The van der Waals surface area contributed by atoms with E-state index in [9.17, 15) is 32.3 Å². The van der Waals surface area contributed by atoms with E-state index >= 15 is 0 Å². The lowest BCUT2D eigenvalue weighted by Crippen LogP contribution is -2.36. The number of methoxy groups -OCH3 is 1. The predicted octanol–water partition coefficient (Wildman–Crippen LogP) is 5.11. The van der Waals surface area contributed by atoms with Gasteiger partial charge < -0.3 is 20.1 Å². The van der Waals surface area contributed by atoms with Gasteiger partial charge in [-0.2, -0.15) is 0 Å². The number of halogens is 3. The van der Waals surface area contributed by atoms with E-state index in [4.69, 9.17) is 9.47 Å². The van der Waals surface area contributed by atoms with E-state index in [1.54, 1.807) is 18.2 Å². The Balaban J connectivity index is 1.39. The van der Waals surface area contributed by atoms with Gasteiger partial charge >= 0.3 is 0 Å². The number of hydrogen-bond donors (Lipinski definition) is 2. The topological polar surface area (TPSA) is 114 Å². The number of anilines is 2. The number of nitrogens with zero attached hydrogens (tertiary/aromatic N) is 1. The van der Waals surface area contributed by atoms with Gasteiger partial charge in [-0.1, -0.05) is 24.3 Å². The second kappa shape index (κ2) is 12.6. The van der Waals surface area contributed by atoms with Crippen LogP contribution in [-0.4, -0.2) is 48.1 Å². The molecule has 41 heavy (non-hydrogen) atoms. The summed E-state index contributed by atoms with van der Waals surface area (Å²) in [5.41, 5.74) is 1.37. The molecule has 3 aromatic rings. The molecule has 0 unspecified atom stereocenters. The van der Waals surface area contributed by atoms with Gasteiger partial charge in [0.25, 0.3) is 17.1 Å². The average Bonchev–Trinajstić information content (AvgIpc) is 3.20. The fourth-order valence-corrected chi connectivity index (χ4v) is 4.52. The molecular formula is C28H22F3N3O6S. The SMILES string of the molecule is COc1cc(/C=C2\SC(=O)N(CC(=O)Nc3ccc(F)c(F)c3F)C2=O)ccc1OCC(=O)Nc1ccccc1C. The van der Waals surface area contributed by atoms with Gasteiger partial charge in [-0.05, 0) is 66.2 Å². The summed E-state index contributed by atoms with van der Waals surface area (Å²) < 4.78 is 51.3. The van der Waals surface area contributed by atoms with E-state index in [-0.39, 0.29) is 28.9 Å². The summed E-state index contributed by atoms with van der Waals surface area (Å²) in [6.07, 6.45) is 1.40. The van der Waals surface area contributed by atoms with Crippen LogP contribution in [0.2, 0.25) is 0 Å². The fourth-order valence-electron chi connectivity index (χ4n) is 3.68. The minimum atomic E-state index is -1.77. The number of rotatable bonds is 9. The highest BCUT2D eigenvalue weighted by Gasteiger charge is 2.36. The highest BCUT2D eigenvalue weighted by molar-refractivity contribution is 8.18. The zero-order valence-electron chi connectivity index (χ0n) is 21.6. The quantitative estimate of drug-likeness (QED) is 0.265. The first kappa shape index (κ1) is 29.2. The Kier molecular flexibility index (Phi) is 8.97.